The maximum Gasteiger partial charge on any atom is 0.320 e. The first kappa shape index (κ1) is 12.2. The lowest BCUT2D eigenvalue weighted by Gasteiger charge is -2.19. The van der Waals surface area contributed by atoms with Crippen LogP contribution >= 0.6 is 0 Å². The fourth-order valence-corrected chi connectivity index (χ4v) is 1.45. The summed E-state index contributed by atoms with van der Waals surface area (Å²) in [6, 6.07) is 0.602. The molecule has 3 heteroatoms. The van der Waals surface area contributed by atoms with Crippen molar-refractivity contribution in [2.45, 2.75) is 39.7 Å². The number of hydrogen-bond donors (Lipinski definition) is 0. The van der Waals surface area contributed by atoms with Gasteiger partial charge in [0.25, 0.3) is 0 Å². The first-order chi connectivity index (χ1) is 7.13. The highest BCUT2D eigenvalue weighted by Gasteiger charge is 2.29. The zero-order valence-corrected chi connectivity index (χ0v) is 9.95. The van der Waals surface area contributed by atoms with E-state index >= 15 is 0 Å². The molecule has 0 unspecified atom stereocenters. The number of nitrogens with zero attached hydrogens (tertiary/aromatic N) is 1. The molecule has 86 valence electrons. The predicted molar refractivity (Wildman–Crippen MR) is 60.7 cm³/mol. The van der Waals surface area contributed by atoms with Gasteiger partial charge in [-0.2, -0.15) is 0 Å². The highest BCUT2D eigenvalue weighted by Crippen LogP contribution is 2.26. The molecule has 1 aliphatic carbocycles. The van der Waals surface area contributed by atoms with Crippen LogP contribution in [0.1, 0.15) is 33.6 Å². The summed E-state index contributed by atoms with van der Waals surface area (Å²) >= 11 is 0. The molecular weight excluding hydrogens is 190 g/mol. The first-order valence-electron chi connectivity index (χ1n) is 5.66. The van der Waals surface area contributed by atoms with E-state index in [1.165, 1.54) is 18.4 Å². The number of hydrogen-bond acceptors (Lipinski definition) is 3. The Morgan fingerprint density at radius 1 is 1.47 bits per heavy atom. The van der Waals surface area contributed by atoms with Crippen LogP contribution in [0.25, 0.3) is 0 Å². The highest BCUT2D eigenvalue weighted by atomic mass is 16.5. The van der Waals surface area contributed by atoms with Crippen molar-refractivity contribution in [2.75, 3.05) is 19.7 Å². The van der Waals surface area contributed by atoms with Crippen LogP contribution in [0.3, 0.4) is 0 Å². The lowest BCUT2D eigenvalue weighted by molar-refractivity contribution is -0.144. The van der Waals surface area contributed by atoms with E-state index in [0.29, 0.717) is 19.2 Å². The smallest absolute Gasteiger partial charge is 0.320 e. The van der Waals surface area contributed by atoms with Gasteiger partial charge in [-0.3, -0.25) is 9.69 Å². The second-order valence-electron chi connectivity index (χ2n) is 4.25. The average molecular weight is 211 g/mol. The van der Waals surface area contributed by atoms with Crippen LogP contribution in [0.2, 0.25) is 0 Å². The molecule has 0 aromatic heterocycles. The molecule has 0 radical (unpaired) electrons. The molecule has 0 aromatic rings. The Bertz CT molecular complexity index is 240. The molecule has 0 atom stereocenters. The van der Waals surface area contributed by atoms with Crippen LogP contribution in [-0.4, -0.2) is 36.6 Å². The van der Waals surface area contributed by atoms with E-state index in [0.717, 1.165) is 6.54 Å². The largest absolute Gasteiger partial charge is 0.465 e. The molecular formula is C12H21NO2. The second kappa shape index (κ2) is 5.91. The summed E-state index contributed by atoms with van der Waals surface area (Å²) in [5.41, 5.74) is 1.30. The van der Waals surface area contributed by atoms with Gasteiger partial charge in [-0.1, -0.05) is 11.6 Å². The summed E-state index contributed by atoms with van der Waals surface area (Å²) < 4.78 is 4.96. The van der Waals surface area contributed by atoms with Gasteiger partial charge in [0.05, 0.1) is 13.2 Å². The van der Waals surface area contributed by atoms with Crippen molar-refractivity contribution < 1.29 is 9.53 Å². The van der Waals surface area contributed by atoms with Crippen LogP contribution < -0.4 is 0 Å². The van der Waals surface area contributed by atoms with E-state index in [4.69, 9.17) is 4.74 Å². The Kier molecular flexibility index (Phi) is 4.82. The molecule has 1 aliphatic rings. The minimum Gasteiger partial charge on any atom is -0.465 e. The SMILES string of the molecule is CCOC(=O)CN(CC=C(C)C)C1CC1. The molecule has 0 N–H and O–H groups in total. The maximum atomic E-state index is 11.3. The van der Waals surface area contributed by atoms with E-state index in [1.54, 1.807) is 0 Å². The average Bonchev–Trinajstić information content (AvgIpc) is 2.95. The number of carbonyl (C=O) groups is 1. The Balaban J connectivity index is 2.37. The van der Waals surface area contributed by atoms with Gasteiger partial charge in [-0.15, -0.1) is 0 Å². The molecule has 15 heavy (non-hydrogen) atoms. The second-order valence-corrected chi connectivity index (χ2v) is 4.25. The van der Waals surface area contributed by atoms with Gasteiger partial charge in [0.15, 0.2) is 0 Å². The molecule has 0 aliphatic heterocycles. The Labute approximate surface area is 92.1 Å². The Morgan fingerprint density at radius 3 is 2.60 bits per heavy atom. The van der Waals surface area contributed by atoms with Gasteiger partial charge in [-0.05, 0) is 33.6 Å². The van der Waals surface area contributed by atoms with E-state index in [1.807, 2.05) is 6.92 Å². The normalized spacial score (nSPS) is 15.2. The third kappa shape index (κ3) is 4.98. The third-order valence-corrected chi connectivity index (χ3v) is 2.43. The molecule has 0 heterocycles. The maximum absolute atomic E-state index is 11.3. The summed E-state index contributed by atoms with van der Waals surface area (Å²) in [5.74, 6) is -0.105. The zero-order valence-electron chi connectivity index (χ0n) is 9.95. The number of allylic oxidation sites excluding steroid dienone is 1. The predicted octanol–water partition coefficient (Wildman–Crippen LogP) is 1.98. The number of rotatable bonds is 6. The van der Waals surface area contributed by atoms with Crippen molar-refractivity contribution in [3.63, 3.8) is 0 Å². The van der Waals surface area contributed by atoms with Crippen molar-refractivity contribution in [3.05, 3.63) is 11.6 Å². The Morgan fingerprint density at radius 2 is 2.13 bits per heavy atom. The summed E-state index contributed by atoms with van der Waals surface area (Å²) in [6.07, 6.45) is 4.60. The summed E-state index contributed by atoms with van der Waals surface area (Å²) in [7, 11) is 0. The van der Waals surface area contributed by atoms with Gasteiger partial charge in [0, 0.05) is 12.6 Å². The fraction of sp³-hybridized carbons (Fsp3) is 0.750. The van der Waals surface area contributed by atoms with Gasteiger partial charge in [0.2, 0.25) is 0 Å². The van der Waals surface area contributed by atoms with Gasteiger partial charge in [-0.25, -0.2) is 0 Å². The van der Waals surface area contributed by atoms with Crippen molar-refractivity contribution in [3.8, 4) is 0 Å². The van der Waals surface area contributed by atoms with Crippen LogP contribution in [0.4, 0.5) is 0 Å². The molecule has 0 amide bonds. The van der Waals surface area contributed by atoms with E-state index in [9.17, 15) is 4.79 Å². The standard InChI is InChI=1S/C12H21NO2/c1-4-15-12(14)9-13(11-5-6-11)8-7-10(2)3/h7,11H,4-6,8-9H2,1-3H3. The van der Waals surface area contributed by atoms with Crippen molar-refractivity contribution in [1.82, 2.24) is 4.90 Å². The van der Waals surface area contributed by atoms with Gasteiger partial charge >= 0.3 is 5.97 Å². The van der Waals surface area contributed by atoms with Gasteiger partial charge < -0.3 is 4.74 Å². The van der Waals surface area contributed by atoms with Crippen molar-refractivity contribution >= 4 is 5.97 Å². The lowest BCUT2D eigenvalue weighted by Crippen LogP contribution is -2.33. The fourth-order valence-electron chi connectivity index (χ4n) is 1.45. The number of ether oxygens (including phenoxy) is 1. The minimum absolute atomic E-state index is 0.105. The number of carbonyl (C=O) groups excluding carboxylic acids is 1. The van der Waals surface area contributed by atoms with Crippen molar-refractivity contribution in [1.29, 1.82) is 0 Å². The van der Waals surface area contributed by atoms with E-state index < -0.39 is 0 Å². The number of esters is 1. The molecule has 0 aromatic carbocycles. The van der Waals surface area contributed by atoms with Crippen LogP contribution in [0.5, 0.6) is 0 Å². The third-order valence-electron chi connectivity index (χ3n) is 2.43. The Hall–Kier alpha value is -0.830. The molecule has 0 saturated heterocycles. The summed E-state index contributed by atoms with van der Waals surface area (Å²) in [5, 5.41) is 0. The lowest BCUT2D eigenvalue weighted by atomic mass is 10.3. The summed E-state index contributed by atoms with van der Waals surface area (Å²) in [6.45, 7) is 7.77. The van der Waals surface area contributed by atoms with Crippen LogP contribution in [0.15, 0.2) is 11.6 Å². The van der Waals surface area contributed by atoms with E-state index in [-0.39, 0.29) is 5.97 Å². The van der Waals surface area contributed by atoms with Gasteiger partial charge in [0.1, 0.15) is 0 Å². The monoisotopic (exact) mass is 211 g/mol. The van der Waals surface area contributed by atoms with E-state index in [2.05, 4.69) is 24.8 Å². The topological polar surface area (TPSA) is 29.5 Å². The minimum atomic E-state index is -0.105. The highest BCUT2D eigenvalue weighted by molar-refractivity contribution is 5.71. The molecule has 1 fully saturated rings. The zero-order chi connectivity index (χ0) is 11.3. The summed E-state index contributed by atoms with van der Waals surface area (Å²) in [4.78, 5) is 13.5. The first-order valence-corrected chi connectivity index (χ1v) is 5.66. The quantitative estimate of drug-likeness (QED) is 0.497. The molecule has 1 rings (SSSR count). The molecule has 0 bridgehead atoms. The van der Waals surface area contributed by atoms with Crippen molar-refractivity contribution in [2.24, 2.45) is 0 Å². The molecule has 1 saturated carbocycles. The van der Waals surface area contributed by atoms with Crippen LogP contribution in [0, 0.1) is 0 Å². The van der Waals surface area contributed by atoms with Crippen LogP contribution in [-0.2, 0) is 9.53 Å². The molecule has 0 spiro atoms. The molecule has 3 nitrogen and oxygen atoms in total.